The lowest BCUT2D eigenvalue weighted by Gasteiger charge is -2.03. The first-order valence-corrected chi connectivity index (χ1v) is 7.06. The van der Waals surface area contributed by atoms with Gasteiger partial charge in [0.25, 0.3) is 0 Å². The summed E-state index contributed by atoms with van der Waals surface area (Å²) in [5, 5.41) is 4.71. The monoisotopic (exact) mass is 372 g/mol. The highest BCUT2D eigenvalue weighted by molar-refractivity contribution is 9.10. The molecule has 0 fully saturated rings. The van der Waals surface area contributed by atoms with Gasteiger partial charge in [-0.1, -0.05) is 34.4 Å². The molecule has 102 valence electrons. The SMILES string of the molecule is Nc1noc(-c2ccoc2Br)c1-c1ccc(Cl)c(Cl)c1. The zero-order chi connectivity index (χ0) is 14.3. The maximum atomic E-state index is 6.04. The molecule has 3 aromatic rings. The van der Waals surface area contributed by atoms with Crippen LogP contribution in [-0.4, -0.2) is 5.16 Å². The first-order chi connectivity index (χ1) is 9.58. The largest absolute Gasteiger partial charge is 0.457 e. The predicted molar refractivity (Wildman–Crippen MR) is 81.8 cm³/mol. The van der Waals surface area contributed by atoms with Gasteiger partial charge < -0.3 is 14.7 Å². The summed E-state index contributed by atoms with van der Waals surface area (Å²) < 4.78 is 11.0. The lowest BCUT2D eigenvalue weighted by Crippen LogP contribution is -1.89. The topological polar surface area (TPSA) is 65.2 Å². The Morgan fingerprint density at radius 3 is 2.60 bits per heavy atom. The number of nitrogens with zero attached hydrogens (tertiary/aromatic N) is 1. The molecule has 0 saturated heterocycles. The minimum Gasteiger partial charge on any atom is -0.457 e. The van der Waals surface area contributed by atoms with E-state index in [1.165, 1.54) is 6.26 Å². The summed E-state index contributed by atoms with van der Waals surface area (Å²) in [6.07, 6.45) is 1.54. The quantitative estimate of drug-likeness (QED) is 0.665. The summed E-state index contributed by atoms with van der Waals surface area (Å²) in [6, 6.07) is 6.96. The number of nitrogens with two attached hydrogens (primary N) is 1. The van der Waals surface area contributed by atoms with Crippen molar-refractivity contribution in [3.8, 4) is 22.5 Å². The second kappa shape index (κ2) is 5.16. The van der Waals surface area contributed by atoms with Crippen molar-refractivity contribution in [2.24, 2.45) is 0 Å². The first-order valence-electron chi connectivity index (χ1n) is 5.52. The van der Waals surface area contributed by atoms with Crippen LogP contribution in [0.3, 0.4) is 0 Å². The molecule has 20 heavy (non-hydrogen) atoms. The number of anilines is 1. The number of hydrogen-bond acceptors (Lipinski definition) is 4. The van der Waals surface area contributed by atoms with Crippen molar-refractivity contribution in [3.05, 3.63) is 45.2 Å². The van der Waals surface area contributed by atoms with Crippen LogP contribution >= 0.6 is 39.1 Å². The second-order valence-electron chi connectivity index (χ2n) is 4.01. The van der Waals surface area contributed by atoms with Crippen molar-refractivity contribution < 1.29 is 8.94 Å². The molecular weight excluding hydrogens is 367 g/mol. The van der Waals surface area contributed by atoms with Gasteiger partial charge in [-0.15, -0.1) is 0 Å². The summed E-state index contributed by atoms with van der Waals surface area (Å²) >= 11 is 15.3. The van der Waals surface area contributed by atoms with Gasteiger partial charge >= 0.3 is 0 Å². The van der Waals surface area contributed by atoms with E-state index in [0.717, 1.165) is 11.1 Å². The van der Waals surface area contributed by atoms with Crippen LogP contribution in [-0.2, 0) is 0 Å². The van der Waals surface area contributed by atoms with Crippen LogP contribution in [0.25, 0.3) is 22.5 Å². The molecule has 0 saturated carbocycles. The maximum absolute atomic E-state index is 6.04. The Labute approximate surface area is 132 Å². The Bertz CT molecular complexity index is 783. The molecule has 2 heterocycles. The van der Waals surface area contributed by atoms with E-state index in [9.17, 15) is 0 Å². The van der Waals surface area contributed by atoms with Crippen molar-refractivity contribution in [1.29, 1.82) is 0 Å². The smallest absolute Gasteiger partial charge is 0.181 e. The van der Waals surface area contributed by atoms with E-state index in [-0.39, 0.29) is 5.82 Å². The lowest BCUT2D eigenvalue weighted by molar-refractivity contribution is 0.434. The Balaban J connectivity index is 2.21. The molecule has 2 N–H and O–H groups in total. The molecule has 1 aromatic carbocycles. The van der Waals surface area contributed by atoms with Gasteiger partial charge in [0.15, 0.2) is 16.2 Å². The van der Waals surface area contributed by atoms with Gasteiger partial charge in [0, 0.05) is 0 Å². The van der Waals surface area contributed by atoms with E-state index in [1.54, 1.807) is 24.3 Å². The van der Waals surface area contributed by atoms with Crippen molar-refractivity contribution >= 4 is 44.9 Å². The van der Waals surface area contributed by atoms with E-state index in [0.29, 0.717) is 26.0 Å². The third-order valence-electron chi connectivity index (χ3n) is 2.79. The third kappa shape index (κ3) is 2.22. The van der Waals surface area contributed by atoms with E-state index in [2.05, 4.69) is 21.1 Å². The van der Waals surface area contributed by atoms with Crippen molar-refractivity contribution in [2.75, 3.05) is 5.73 Å². The van der Waals surface area contributed by atoms with Gasteiger partial charge in [-0.25, -0.2) is 0 Å². The average Bonchev–Trinajstić information content (AvgIpc) is 2.99. The summed E-state index contributed by atoms with van der Waals surface area (Å²) in [7, 11) is 0. The minimum absolute atomic E-state index is 0.270. The fourth-order valence-electron chi connectivity index (χ4n) is 1.87. The lowest BCUT2D eigenvalue weighted by atomic mass is 10.0. The van der Waals surface area contributed by atoms with Gasteiger partial charge in [0.05, 0.1) is 27.4 Å². The van der Waals surface area contributed by atoms with Gasteiger partial charge in [0.2, 0.25) is 0 Å². The number of halogens is 3. The molecule has 2 aromatic heterocycles. The normalized spacial score (nSPS) is 10.9. The number of aromatic nitrogens is 1. The zero-order valence-electron chi connectivity index (χ0n) is 9.86. The van der Waals surface area contributed by atoms with Crippen LogP contribution in [0.2, 0.25) is 10.0 Å². The van der Waals surface area contributed by atoms with Crippen LogP contribution in [0.1, 0.15) is 0 Å². The number of nitrogen functional groups attached to an aromatic ring is 1. The number of hydrogen-bond donors (Lipinski definition) is 1. The fraction of sp³-hybridized carbons (Fsp3) is 0. The second-order valence-corrected chi connectivity index (χ2v) is 5.54. The van der Waals surface area contributed by atoms with Crippen LogP contribution < -0.4 is 5.73 Å². The molecule has 0 aliphatic heterocycles. The van der Waals surface area contributed by atoms with Crippen LogP contribution in [0.4, 0.5) is 5.82 Å². The molecule has 0 spiro atoms. The van der Waals surface area contributed by atoms with E-state index in [1.807, 2.05) is 0 Å². The van der Waals surface area contributed by atoms with Gasteiger partial charge in [-0.05, 0) is 39.7 Å². The maximum Gasteiger partial charge on any atom is 0.181 e. The van der Waals surface area contributed by atoms with E-state index in [4.69, 9.17) is 37.9 Å². The summed E-state index contributed by atoms with van der Waals surface area (Å²) in [4.78, 5) is 0. The Kier molecular flexibility index (Phi) is 3.50. The van der Waals surface area contributed by atoms with Crippen molar-refractivity contribution in [2.45, 2.75) is 0 Å². The highest BCUT2D eigenvalue weighted by Crippen LogP contribution is 2.41. The van der Waals surface area contributed by atoms with Gasteiger partial charge in [-0.2, -0.15) is 0 Å². The molecule has 3 rings (SSSR count). The highest BCUT2D eigenvalue weighted by atomic mass is 79.9. The molecule has 0 atom stereocenters. The van der Waals surface area contributed by atoms with Gasteiger partial charge in [-0.3, -0.25) is 0 Å². The Hall–Kier alpha value is -1.43. The average molecular weight is 374 g/mol. The Morgan fingerprint density at radius 1 is 1.15 bits per heavy atom. The summed E-state index contributed by atoms with van der Waals surface area (Å²) in [5.74, 6) is 0.771. The van der Waals surface area contributed by atoms with Crippen LogP contribution in [0, 0.1) is 0 Å². The van der Waals surface area contributed by atoms with Crippen LogP contribution in [0.15, 0.2) is 44.1 Å². The fourth-order valence-corrected chi connectivity index (χ4v) is 2.59. The molecule has 0 bridgehead atoms. The van der Waals surface area contributed by atoms with Crippen molar-refractivity contribution in [1.82, 2.24) is 5.16 Å². The molecule has 7 heteroatoms. The van der Waals surface area contributed by atoms with Crippen molar-refractivity contribution in [3.63, 3.8) is 0 Å². The highest BCUT2D eigenvalue weighted by Gasteiger charge is 2.21. The zero-order valence-corrected chi connectivity index (χ0v) is 13.0. The number of furan rings is 1. The first kappa shape index (κ1) is 13.5. The summed E-state index contributed by atoms with van der Waals surface area (Å²) in [6.45, 7) is 0. The molecule has 0 radical (unpaired) electrons. The summed E-state index contributed by atoms with van der Waals surface area (Å²) in [5.41, 5.74) is 8.02. The Morgan fingerprint density at radius 2 is 1.95 bits per heavy atom. The van der Waals surface area contributed by atoms with E-state index >= 15 is 0 Å². The molecule has 4 nitrogen and oxygen atoms in total. The molecule has 0 aliphatic carbocycles. The third-order valence-corrected chi connectivity index (χ3v) is 4.14. The number of benzene rings is 1. The minimum atomic E-state index is 0.270. The number of rotatable bonds is 2. The molecule has 0 amide bonds. The molecular formula is C13H7BrCl2N2O2. The van der Waals surface area contributed by atoms with Crippen LogP contribution in [0.5, 0.6) is 0 Å². The predicted octanol–water partition coefficient (Wildman–Crippen LogP) is 5.25. The molecule has 0 aliphatic rings. The van der Waals surface area contributed by atoms with Gasteiger partial charge in [0.1, 0.15) is 0 Å². The van der Waals surface area contributed by atoms with E-state index < -0.39 is 0 Å². The standard InChI is InChI=1S/C13H7BrCl2N2O2/c14-12-7(3-4-19-12)11-10(13(17)18-20-11)6-1-2-8(15)9(16)5-6/h1-5H,(H2,17,18). The molecule has 0 unspecified atom stereocenters.